The van der Waals surface area contributed by atoms with Gasteiger partial charge in [0.25, 0.3) is 5.91 Å². The number of carbonyl (C=O) groups excluding carboxylic acids is 1. The lowest BCUT2D eigenvalue weighted by Gasteiger charge is -1.97. The molecule has 0 unspecified atom stereocenters. The third-order valence-electron chi connectivity index (χ3n) is 1.93. The van der Waals surface area contributed by atoms with Gasteiger partial charge in [0.05, 0.1) is 22.6 Å². The highest BCUT2D eigenvalue weighted by Crippen LogP contribution is 2.18. The maximum absolute atomic E-state index is 11.8. The molecule has 1 amide bonds. The van der Waals surface area contributed by atoms with Crippen LogP contribution in [0.25, 0.3) is 0 Å². The van der Waals surface area contributed by atoms with Crippen molar-refractivity contribution in [2.75, 3.05) is 11.9 Å². The van der Waals surface area contributed by atoms with Crippen molar-refractivity contribution in [3.05, 3.63) is 34.1 Å². The van der Waals surface area contributed by atoms with Gasteiger partial charge in [-0.05, 0) is 6.07 Å². The van der Waals surface area contributed by atoms with Gasteiger partial charge in [-0.1, -0.05) is 34.8 Å². The standard InChI is InChI=1S/C11H9ClN4OS/c12-7-4-9(14-5-7)10(17)16-11-15-6-8(18-11)2-1-3-13/h4-6,14H,3,13H2,(H,15,16,17). The van der Waals surface area contributed by atoms with E-state index < -0.39 is 0 Å². The molecular formula is C11H9ClN4OS. The van der Waals surface area contributed by atoms with E-state index in [4.69, 9.17) is 17.3 Å². The van der Waals surface area contributed by atoms with E-state index in [1.54, 1.807) is 12.3 Å². The van der Waals surface area contributed by atoms with Crippen LogP contribution < -0.4 is 11.1 Å². The van der Waals surface area contributed by atoms with Crippen LogP contribution in [0.3, 0.4) is 0 Å². The molecule has 0 bridgehead atoms. The Kier molecular flexibility index (Phi) is 3.99. The highest BCUT2D eigenvalue weighted by atomic mass is 35.5. The molecule has 0 spiro atoms. The Morgan fingerprint density at radius 1 is 1.67 bits per heavy atom. The molecular weight excluding hydrogens is 272 g/mol. The fourth-order valence-corrected chi connectivity index (χ4v) is 2.04. The van der Waals surface area contributed by atoms with Crippen molar-refractivity contribution in [2.45, 2.75) is 0 Å². The third-order valence-corrected chi connectivity index (χ3v) is 2.98. The number of nitrogens with one attached hydrogen (secondary N) is 2. The van der Waals surface area contributed by atoms with Crippen LogP contribution in [0.5, 0.6) is 0 Å². The summed E-state index contributed by atoms with van der Waals surface area (Å²) >= 11 is 7.00. The molecule has 92 valence electrons. The first-order chi connectivity index (χ1) is 8.69. The van der Waals surface area contributed by atoms with Gasteiger partial charge < -0.3 is 10.7 Å². The Hall–Kier alpha value is -1.81. The van der Waals surface area contributed by atoms with Crippen molar-refractivity contribution >= 4 is 34.0 Å². The highest BCUT2D eigenvalue weighted by molar-refractivity contribution is 7.16. The average Bonchev–Trinajstić information content (AvgIpc) is 2.96. The third kappa shape index (κ3) is 3.11. The van der Waals surface area contributed by atoms with Crippen molar-refractivity contribution in [3.8, 4) is 11.8 Å². The van der Waals surface area contributed by atoms with Crippen molar-refractivity contribution in [1.29, 1.82) is 0 Å². The Bertz CT molecular complexity index is 622. The fourth-order valence-electron chi connectivity index (χ4n) is 1.19. The van der Waals surface area contributed by atoms with Gasteiger partial charge in [0, 0.05) is 6.20 Å². The monoisotopic (exact) mass is 280 g/mol. The van der Waals surface area contributed by atoms with E-state index in [0.29, 0.717) is 22.4 Å². The lowest BCUT2D eigenvalue weighted by molar-refractivity contribution is 0.102. The first-order valence-corrected chi connectivity index (χ1v) is 6.18. The van der Waals surface area contributed by atoms with E-state index >= 15 is 0 Å². The molecule has 0 fully saturated rings. The summed E-state index contributed by atoms with van der Waals surface area (Å²) in [6.45, 7) is 0.292. The molecule has 7 heteroatoms. The number of carbonyl (C=O) groups is 1. The normalized spacial score (nSPS) is 9.67. The van der Waals surface area contributed by atoms with Crippen LogP contribution in [-0.4, -0.2) is 22.4 Å². The Labute approximate surface area is 112 Å². The molecule has 0 saturated carbocycles. The number of hydrogen-bond acceptors (Lipinski definition) is 4. The molecule has 5 nitrogen and oxygen atoms in total. The second kappa shape index (κ2) is 5.69. The smallest absolute Gasteiger partial charge is 0.273 e. The number of thiazole rings is 1. The number of nitrogens with two attached hydrogens (primary N) is 1. The largest absolute Gasteiger partial charge is 0.356 e. The minimum absolute atomic E-state index is 0.292. The number of H-pyrrole nitrogens is 1. The quantitative estimate of drug-likeness (QED) is 0.732. The Morgan fingerprint density at radius 2 is 2.50 bits per heavy atom. The molecule has 2 aromatic heterocycles. The maximum Gasteiger partial charge on any atom is 0.273 e. The summed E-state index contributed by atoms with van der Waals surface area (Å²) < 4.78 is 0. The topological polar surface area (TPSA) is 83.8 Å². The number of hydrogen-bond donors (Lipinski definition) is 3. The lowest BCUT2D eigenvalue weighted by atomic mass is 10.4. The van der Waals surface area contributed by atoms with Crippen LogP contribution in [0.2, 0.25) is 5.02 Å². The zero-order valence-corrected chi connectivity index (χ0v) is 10.7. The molecule has 0 saturated heterocycles. The van der Waals surface area contributed by atoms with E-state index in [1.807, 2.05) is 0 Å². The van der Waals surface area contributed by atoms with Gasteiger partial charge in [0.15, 0.2) is 5.13 Å². The molecule has 0 aromatic carbocycles. The summed E-state index contributed by atoms with van der Waals surface area (Å²) in [5.74, 6) is 5.26. The predicted octanol–water partition coefficient (Wildman–Crippen LogP) is 1.69. The summed E-state index contributed by atoms with van der Waals surface area (Å²) in [4.78, 5) is 19.3. The van der Waals surface area contributed by atoms with Gasteiger partial charge in [0.2, 0.25) is 0 Å². The average molecular weight is 281 g/mol. The molecule has 0 aliphatic rings. The summed E-state index contributed by atoms with van der Waals surface area (Å²) in [6.07, 6.45) is 3.13. The Balaban J connectivity index is 2.05. The van der Waals surface area contributed by atoms with Crippen LogP contribution in [-0.2, 0) is 0 Å². The van der Waals surface area contributed by atoms with Gasteiger partial charge >= 0.3 is 0 Å². The molecule has 2 rings (SSSR count). The number of anilines is 1. The molecule has 0 radical (unpaired) electrons. The summed E-state index contributed by atoms with van der Waals surface area (Å²) in [5.41, 5.74) is 5.65. The number of nitrogens with zero attached hydrogens (tertiary/aromatic N) is 1. The lowest BCUT2D eigenvalue weighted by Crippen LogP contribution is -2.11. The summed E-state index contributed by atoms with van der Waals surface area (Å²) in [7, 11) is 0. The van der Waals surface area contributed by atoms with Crippen molar-refractivity contribution in [2.24, 2.45) is 5.73 Å². The van der Waals surface area contributed by atoms with Crippen molar-refractivity contribution < 1.29 is 4.79 Å². The van der Waals surface area contributed by atoms with Gasteiger partial charge in [-0.25, -0.2) is 4.98 Å². The second-order valence-electron chi connectivity index (χ2n) is 3.22. The molecule has 4 N–H and O–H groups in total. The molecule has 2 heterocycles. The molecule has 0 aliphatic heterocycles. The number of halogens is 1. The van der Waals surface area contributed by atoms with Crippen molar-refractivity contribution in [3.63, 3.8) is 0 Å². The fraction of sp³-hybridized carbons (Fsp3) is 0.0909. The van der Waals surface area contributed by atoms with Crippen LogP contribution in [0.4, 0.5) is 5.13 Å². The van der Waals surface area contributed by atoms with Gasteiger partial charge in [-0.2, -0.15) is 0 Å². The summed E-state index contributed by atoms with van der Waals surface area (Å²) in [5, 5.41) is 3.61. The first kappa shape index (κ1) is 12.6. The van der Waals surface area contributed by atoms with E-state index in [2.05, 4.69) is 27.1 Å². The Morgan fingerprint density at radius 3 is 3.17 bits per heavy atom. The SMILES string of the molecule is NCC#Cc1cnc(NC(=O)c2cc(Cl)c[nH]2)s1. The van der Waals surface area contributed by atoms with Gasteiger partial charge in [-0.15, -0.1) is 0 Å². The first-order valence-electron chi connectivity index (χ1n) is 4.99. The highest BCUT2D eigenvalue weighted by Gasteiger charge is 2.10. The van der Waals surface area contributed by atoms with Crippen LogP contribution in [0.15, 0.2) is 18.5 Å². The van der Waals surface area contributed by atoms with Crippen LogP contribution >= 0.6 is 22.9 Å². The second-order valence-corrected chi connectivity index (χ2v) is 4.69. The minimum atomic E-state index is -0.297. The van der Waals surface area contributed by atoms with E-state index in [0.717, 1.165) is 4.88 Å². The maximum atomic E-state index is 11.8. The molecule has 2 aromatic rings. The number of rotatable bonds is 2. The van der Waals surface area contributed by atoms with Gasteiger partial charge in [0.1, 0.15) is 5.69 Å². The van der Waals surface area contributed by atoms with Gasteiger partial charge in [-0.3, -0.25) is 10.1 Å². The number of aromatic amines is 1. The molecule has 18 heavy (non-hydrogen) atoms. The molecule has 0 aliphatic carbocycles. The predicted molar refractivity (Wildman–Crippen MR) is 71.8 cm³/mol. The zero-order valence-electron chi connectivity index (χ0n) is 9.16. The van der Waals surface area contributed by atoms with Crippen molar-refractivity contribution in [1.82, 2.24) is 9.97 Å². The van der Waals surface area contributed by atoms with Crippen LogP contribution in [0, 0.1) is 11.8 Å². The number of amides is 1. The number of aromatic nitrogens is 2. The van der Waals surface area contributed by atoms with E-state index in [9.17, 15) is 4.79 Å². The zero-order chi connectivity index (χ0) is 13.0. The minimum Gasteiger partial charge on any atom is -0.356 e. The van der Waals surface area contributed by atoms with Crippen LogP contribution in [0.1, 0.15) is 15.4 Å². The summed E-state index contributed by atoms with van der Waals surface area (Å²) in [6, 6.07) is 1.54. The van der Waals surface area contributed by atoms with E-state index in [-0.39, 0.29) is 5.91 Å². The molecule has 0 atom stereocenters. The van der Waals surface area contributed by atoms with E-state index in [1.165, 1.54) is 17.5 Å².